The second-order valence-corrected chi connectivity index (χ2v) is 9.72. The van der Waals surface area contributed by atoms with Crippen LogP contribution in [0.4, 0.5) is 16.5 Å². The number of thiazole rings is 1. The Morgan fingerprint density at radius 1 is 1.03 bits per heavy atom. The van der Waals surface area contributed by atoms with Crippen LogP contribution in [0.5, 0.6) is 11.5 Å². The van der Waals surface area contributed by atoms with Crippen molar-refractivity contribution in [1.82, 2.24) is 4.98 Å². The zero-order valence-electron chi connectivity index (χ0n) is 17.7. The molecule has 1 aliphatic heterocycles. The number of aromatic nitrogens is 1. The number of ether oxygens (including phenoxy) is 2. The standard InChI is InChI=1S/C21H17ClN4O6S2/c1-31-13-5-8-15(16(11-13)32-2)26-19(27)17(22)18(20(26)28)24-12-3-6-14(7-4-12)34(29,30)25-21-23-9-10-33-21/h3-11,24H,1-2H3,(H,23,25). The predicted molar refractivity (Wildman–Crippen MR) is 128 cm³/mol. The molecule has 2 N–H and O–H groups in total. The van der Waals surface area contributed by atoms with E-state index in [0.717, 1.165) is 16.2 Å². The number of nitrogens with one attached hydrogen (secondary N) is 2. The van der Waals surface area contributed by atoms with E-state index in [0.29, 0.717) is 11.4 Å². The SMILES string of the molecule is COc1ccc(N2C(=O)C(Cl)=C(Nc3ccc(S(=O)(=O)Nc4nccs4)cc3)C2=O)c(OC)c1. The van der Waals surface area contributed by atoms with Gasteiger partial charge < -0.3 is 14.8 Å². The highest BCUT2D eigenvalue weighted by Crippen LogP contribution is 2.37. The van der Waals surface area contributed by atoms with Gasteiger partial charge in [-0.15, -0.1) is 11.3 Å². The smallest absolute Gasteiger partial charge is 0.283 e. The number of methoxy groups -OCH3 is 2. The van der Waals surface area contributed by atoms with Crippen molar-refractivity contribution in [3.8, 4) is 11.5 Å². The van der Waals surface area contributed by atoms with E-state index in [-0.39, 0.29) is 32.2 Å². The largest absolute Gasteiger partial charge is 0.497 e. The van der Waals surface area contributed by atoms with Crippen LogP contribution in [-0.2, 0) is 19.6 Å². The van der Waals surface area contributed by atoms with Crippen molar-refractivity contribution in [1.29, 1.82) is 0 Å². The Bertz CT molecular complexity index is 1390. The van der Waals surface area contributed by atoms with E-state index in [1.54, 1.807) is 11.4 Å². The minimum absolute atomic E-state index is 0.00764. The molecular weight excluding hydrogens is 504 g/mol. The molecule has 3 aromatic rings. The first-order valence-electron chi connectivity index (χ1n) is 9.55. The number of imide groups is 1. The predicted octanol–water partition coefficient (Wildman–Crippen LogP) is 3.40. The maximum Gasteiger partial charge on any atom is 0.283 e. The van der Waals surface area contributed by atoms with Gasteiger partial charge in [0, 0.05) is 23.3 Å². The van der Waals surface area contributed by atoms with Gasteiger partial charge in [-0.3, -0.25) is 14.3 Å². The molecule has 176 valence electrons. The summed E-state index contributed by atoms with van der Waals surface area (Å²) in [5.41, 5.74) is 0.398. The lowest BCUT2D eigenvalue weighted by molar-refractivity contribution is -0.120. The number of carbonyl (C=O) groups is 2. The molecule has 1 aliphatic rings. The van der Waals surface area contributed by atoms with Crippen LogP contribution in [0.25, 0.3) is 0 Å². The highest BCUT2D eigenvalue weighted by Gasteiger charge is 2.40. The van der Waals surface area contributed by atoms with Gasteiger partial charge in [-0.05, 0) is 36.4 Å². The number of hydrogen-bond donors (Lipinski definition) is 2. The molecular formula is C21H17ClN4O6S2. The molecule has 4 rings (SSSR count). The van der Waals surface area contributed by atoms with Crippen molar-refractivity contribution in [2.24, 2.45) is 0 Å². The maximum atomic E-state index is 13.1. The molecule has 13 heteroatoms. The van der Waals surface area contributed by atoms with Crippen LogP contribution in [0.15, 0.2) is 69.7 Å². The normalized spacial score (nSPS) is 13.9. The van der Waals surface area contributed by atoms with Gasteiger partial charge in [-0.25, -0.2) is 18.3 Å². The highest BCUT2D eigenvalue weighted by molar-refractivity contribution is 7.93. The van der Waals surface area contributed by atoms with Crippen molar-refractivity contribution >= 4 is 61.3 Å². The maximum absolute atomic E-state index is 13.1. The molecule has 2 heterocycles. The Hall–Kier alpha value is -3.61. The summed E-state index contributed by atoms with van der Waals surface area (Å²) in [4.78, 5) is 30.6. The lowest BCUT2D eigenvalue weighted by Gasteiger charge is -2.18. The fourth-order valence-corrected chi connectivity index (χ4v) is 5.11. The van der Waals surface area contributed by atoms with E-state index in [1.165, 1.54) is 56.8 Å². The molecule has 0 radical (unpaired) electrons. The Labute approximate surface area is 203 Å². The Kier molecular flexibility index (Phi) is 6.46. The van der Waals surface area contributed by atoms with Crippen molar-refractivity contribution in [2.75, 3.05) is 29.2 Å². The van der Waals surface area contributed by atoms with Crippen molar-refractivity contribution < 1.29 is 27.5 Å². The molecule has 34 heavy (non-hydrogen) atoms. The third-order valence-corrected chi connectivity index (χ3v) is 7.27. The summed E-state index contributed by atoms with van der Waals surface area (Å²) in [6.07, 6.45) is 1.48. The zero-order valence-corrected chi connectivity index (χ0v) is 20.1. The molecule has 0 saturated heterocycles. The van der Waals surface area contributed by atoms with Crippen molar-refractivity contribution in [3.63, 3.8) is 0 Å². The first-order chi connectivity index (χ1) is 16.2. The third kappa shape index (κ3) is 4.42. The molecule has 0 atom stereocenters. The summed E-state index contributed by atoms with van der Waals surface area (Å²) >= 11 is 7.33. The van der Waals surface area contributed by atoms with Crippen LogP contribution in [-0.4, -0.2) is 39.4 Å². The number of anilines is 3. The quantitative estimate of drug-likeness (QED) is 0.433. The fourth-order valence-electron chi connectivity index (χ4n) is 3.11. The van der Waals surface area contributed by atoms with Gasteiger partial charge >= 0.3 is 0 Å². The lowest BCUT2D eigenvalue weighted by Crippen LogP contribution is -2.32. The zero-order chi connectivity index (χ0) is 24.5. The Balaban J connectivity index is 1.55. The van der Waals surface area contributed by atoms with E-state index in [9.17, 15) is 18.0 Å². The Morgan fingerprint density at radius 3 is 2.38 bits per heavy atom. The van der Waals surface area contributed by atoms with E-state index in [2.05, 4.69) is 15.0 Å². The third-order valence-electron chi connectivity index (χ3n) is 4.74. The van der Waals surface area contributed by atoms with Gasteiger partial charge in [0.25, 0.3) is 21.8 Å². The molecule has 0 saturated carbocycles. The van der Waals surface area contributed by atoms with Crippen LogP contribution in [0.3, 0.4) is 0 Å². The number of halogens is 1. The summed E-state index contributed by atoms with van der Waals surface area (Å²) in [7, 11) is -0.959. The minimum Gasteiger partial charge on any atom is -0.497 e. The summed E-state index contributed by atoms with van der Waals surface area (Å²) in [6.45, 7) is 0. The van der Waals surface area contributed by atoms with Crippen LogP contribution >= 0.6 is 22.9 Å². The van der Waals surface area contributed by atoms with Gasteiger partial charge in [0.2, 0.25) is 0 Å². The van der Waals surface area contributed by atoms with Crippen LogP contribution in [0.2, 0.25) is 0 Å². The second kappa shape index (κ2) is 9.33. The molecule has 2 amide bonds. The summed E-state index contributed by atoms with van der Waals surface area (Å²) in [5.74, 6) is -0.698. The molecule has 2 aromatic carbocycles. The lowest BCUT2D eigenvalue weighted by atomic mass is 10.2. The van der Waals surface area contributed by atoms with E-state index in [1.807, 2.05) is 0 Å². The summed E-state index contributed by atoms with van der Waals surface area (Å²) in [6, 6.07) is 10.2. The van der Waals surface area contributed by atoms with Crippen LogP contribution in [0, 0.1) is 0 Å². The van der Waals surface area contributed by atoms with Gasteiger partial charge in [-0.2, -0.15) is 0 Å². The van der Waals surface area contributed by atoms with Gasteiger partial charge in [0.1, 0.15) is 22.2 Å². The van der Waals surface area contributed by atoms with Gasteiger partial charge in [0.05, 0.1) is 24.8 Å². The highest BCUT2D eigenvalue weighted by atomic mass is 35.5. The van der Waals surface area contributed by atoms with E-state index < -0.39 is 21.8 Å². The second-order valence-electron chi connectivity index (χ2n) is 6.76. The molecule has 10 nitrogen and oxygen atoms in total. The van der Waals surface area contributed by atoms with Crippen molar-refractivity contribution in [3.05, 3.63) is 64.8 Å². The topological polar surface area (TPSA) is 127 Å². The number of rotatable bonds is 8. The molecule has 0 bridgehead atoms. The summed E-state index contributed by atoms with van der Waals surface area (Å²) < 4.78 is 37.8. The molecule has 0 unspecified atom stereocenters. The molecule has 0 spiro atoms. The number of nitrogens with zero attached hydrogens (tertiary/aromatic N) is 2. The number of amides is 2. The minimum atomic E-state index is -3.84. The van der Waals surface area contributed by atoms with Crippen molar-refractivity contribution in [2.45, 2.75) is 4.90 Å². The molecule has 0 aliphatic carbocycles. The average Bonchev–Trinajstić information content (AvgIpc) is 3.41. The molecule has 0 fully saturated rings. The average molecular weight is 521 g/mol. The van der Waals surface area contributed by atoms with Gasteiger partial charge in [0.15, 0.2) is 5.13 Å². The first-order valence-corrected chi connectivity index (χ1v) is 12.3. The number of benzene rings is 2. The first kappa shape index (κ1) is 23.5. The van der Waals surface area contributed by atoms with Gasteiger partial charge in [-0.1, -0.05) is 11.6 Å². The Morgan fingerprint density at radius 2 is 1.76 bits per heavy atom. The van der Waals surface area contributed by atoms with Crippen LogP contribution in [0.1, 0.15) is 0 Å². The van der Waals surface area contributed by atoms with E-state index in [4.69, 9.17) is 21.1 Å². The molecule has 1 aromatic heterocycles. The monoisotopic (exact) mass is 520 g/mol. The fraction of sp³-hybridized carbons (Fsp3) is 0.0952. The van der Waals surface area contributed by atoms with Crippen LogP contribution < -0.4 is 24.4 Å². The number of sulfonamides is 1. The van der Waals surface area contributed by atoms with E-state index >= 15 is 0 Å². The number of hydrogen-bond acceptors (Lipinski definition) is 9. The number of carbonyl (C=O) groups excluding carboxylic acids is 2. The summed E-state index contributed by atoms with van der Waals surface area (Å²) in [5, 5.41) is 4.37.